The van der Waals surface area contributed by atoms with E-state index in [2.05, 4.69) is 27.3 Å². The van der Waals surface area contributed by atoms with Crippen LogP contribution in [0.2, 0.25) is 0 Å². The second-order valence-electron chi connectivity index (χ2n) is 5.48. The molecule has 0 saturated carbocycles. The first-order chi connectivity index (χ1) is 10.3. The normalized spacial score (nSPS) is 13.1. The second kappa shape index (κ2) is 7.95. The number of hydrogen-bond acceptors (Lipinski definition) is 4. The highest BCUT2D eigenvalue weighted by Crippen LogP contribution is 2.15. The van der Waals surface area contributed by atoms with E-state index in [4.69, 9.17) is 10.00 Å². The predicted molar refractivity (Wildman–Crippen MR) is 85.8 cm³/mol. The van der Waals surface area contributed by atoms with Crippen molar-refractivity contribution in [2.45, 2.75) is 32.7 Å². The van der Waals surface area contributed by atoms with Gasteiger partial charge in [0.05, 0.1) is 12.5 Å². The van der Waals surface area contributed by atoms with Gasteiger partial charge < -0.3 is 10.1 Å². The largest absolute Gasteiger partial charge is 0.455 e. The van der Waals surface area contributed by atoms with Crippen LogP contribution in [0.25, 0.3) is 0 Å². The molecular weight excluding hydrogens is 348 g/mol. The third kappa shape index (κ3) is 5.49. The number of benzene rings is 1. The Labute approximate surface area is 138 Å². The Morgan fingerprint density at radius 3 is 2.45 bits per heavy atom. The first kappa shape index (κ1) is 18.2. The molecule has 5 nitrogen and oxygen atoms in total. The molecule has 0 heterocycles. The van der Waals surface area contributed by atoms with Crippen LogP contribution in [-0.2, 0) is 20.7 Å². The highest BCUT2D eigenvalue weighted by molar-refractivity contribution is 9.10. The molecule has 1 aromatic rings. The van der Waals surface area contributed by atoms with E-state index in [1.165, 1.54) is 0 Å². The third-order valence-corrected chi connectivity index (χ3v) is 3.94. The number of amides is 1. The molecule has 0 fully saturated rings. The molecule has 0 unspecified atom stereocenters. The lowest BCUT2D eigenvalue weighted by atomic mass is 9.90. The number of carbonyl (C=O) groups is 2. The van der Waals surface area contributed by atoms with Gasteiger partial charge in [-0.05, 0) is 30.5 Å². The average molecular weight is 367 g/mol. The van der Waals surface area contributed by atoms with E-state index >= 15 is 0 Å². The maximum absolute atomic E-state index is 11.8. The third-order valence-electron chi connectivity index (χ3n) is 3.41. The van der Waals surface area contributed by atoms with Gasteiger partial charge in [-0.3, -0.25) is 9.59 Å². The molecule has 0 aliphatic rings. The van der Waals surface area contributed by atoms with Crippen LogP contribution in [0, 0.1) is 17.2 Å². The number of hydrogen-bond donors (Lipinski definition) is 1. The second-order valence-corrected chi connectivity index (χ2v) is 6.40. The molecular formula is C16H19BrN2O3. The first-order valence-electron chi connectivity index (χ1n) is 6.89. The number of nitrogens with zero attached hydrogens (tertiary/aromatic N) is 1. The van der Waals surface area contributed by atoms with E-state index in [1.807, 2.05) is 26.0 Å². The van der Waals surface area contributed by atoms with Crippen molar-refractivity contribution in [1.82, 2.24) is 5.32 Å². The minimum atomic E-state index is -0.977. The molecule has 1 rings (SSSR count). The lowest BCUT2D eigenvalue weighted by Crippen LogP contribution is -2.50. The smallest absolute Gasteiger partial charge is 0.310 e. The van der Waals surface area contributed by atoms with Gasteiger partial charge in [0.2, 0.25) is 0 Å². The highest BCUT2D eigenvalue weighted by Gasteiger charge is 2.30. The van der Waals surface area contributed by atoms with Gasteiger partial charge in [0.25, 0.3) is 5.91 Å². The molecule has 1 atom stereocenters. The van der Waals surface area contributed by atoms with Crippen molar-refractivity contribution in [1.29, 1.82) is 5.26 Å². The Bertz CT molecular complexity index is 578. The quantitative estimate of drug-likeness (QED) is 0.784. The standard InChI is InChI=1S/C16H19BrN2O3/c1-11(2)16(3,10-18)19-14(20)9-22-15(21)8-12-4-6-13(17)7-5-12/h4-7,11H,8-9H2,1-3H3,(H,19,20)/t16-/m1/s1. The fraction of sp³-hybridized carbons (Fsp3) is 0.438. The van der Waals surface area contributed by atoms with Crippen LogP contribution in [0.1, 0.15) is 26.3 Å². The minimum absolute atomic E-state index is 0.0556. The molecule has 22 heavy (non-hydrogen) atoms. The Balaban J connectivity index is 2.45. The topological polar surface area (TPSA) is 79.2 Å². The van der Waals surface area contributed by atoms with E-state index in [0.29, 0.717) is 0 Å². The van der Waals surface area contributed by atoms with E-state index in [1.54, 1.807) is 19.1 Å². The van der Waals surface area contributed by atoms with Crippen molar-refractivity contribution in [2.24, 2.45) is 5.92 Å². The van der Waals surface area contributed by atoms with Gasteiger partial charge in [0, 0.05) is 4.47 Å². The Hall–Kier alpha value is -1.87. The number of ether oxygens (including phenoxy) is 1. The fourth-order valence-corrected chi connectivity index (χ4v) is 1.86. The van der Waals surface area contributed by atoms with Crippen LogP contribution in [0.4, 0.5) is 0 Å². The summed E-state index contributed by atoms with van der Waals surface area (Å²) in [6, 6.07) is 9.33. The fourth-order valence-electron chi connectivity index (χ4n) is 1.59. The van der Waals surface area contributed by atoms with Crippen LogP contribution in [0.3, 0.4) is 0 Å². The van der Waals surface area contributed by atoms with Crippen molar-refractivity contribution >= 4 is 27.8 Å². The molecule has 6 heteroatoms. The van der Waals surface area contributed by atoms with E-state index < -0.39 is 17.4 Å². The monoisotopic (exact) mass is 366 g/mol. The van der Waals surface area contributed by atoms with Crippen molar-refractivity contribution < 1.29 is 14.3 Å². The summed E-state index contributed by atoms with van der Waals surface area (Å²) in [6.45, 7) is 4.92. The van der Waals surface area contributed by atoms with E-state index in [-0.39, 0.29) is 18.9 Å². The van der Waals surface area contributed by atoms with Gasteiger partial charge in [0.1, 0.15) is 5.54 Å². The van der Waals surface area contributed by atoms with Gasteiger partial charge in [0.15, 0.2) is 6.61 Å². The Kier molecular flexibility index (Phi) is 6.57. The maximum Gasteiger partial charge on any atom is 0.310 e. The number of rotatable bonds is 6. The van der Waals surface area contributed by atoms with Crippen molar-refractivity contribution in [3.05, 3.63) is 34.3 Å². The van der Waals surface area contributed by atoms with E-state index in [9.17, 15) is 9.59 Å². The number of nitriles is 1. The molecule has 1 aromatic carbocycles. The zero-order valence-electron chi connectivity index (χ0n) is 12.9. The molecule has 0 spiro atoms. The molecule has 0 bridgehead atoms. The number of esters is 1. The molecule has 0 aliphatic heterocycles. The Morgan fingerprint density at radius 1 is 1.36 bits per heavy atom. The molecule has 1 amide bonds. The lowest BCUT2D eigenvalue weighted by molar-refractivity contribution is -0.148. The van der Waals surface area contributed by atoms with Gasteiger partial charge in [-0.25, -0.2) is 0 Å². The minimum Gasteiger partial charge on any atom is -0.455 e. The van der Waals surface area contributed by atoms with Gasteiger partial charge in [-0.2, -0.15) is 5.26 Å². The van der Waals surface area contributed by atoms with Crippen LogP contribution in [0.5, 0.6) is 0 Å². The average Bonchev–Trinajstić information content (AvgIpc) is 2.47. The zero-order valence-corrected chi connectivity index (χ0v) is 14.4. The molecule has 0 saturated heterocycles. The molecule has 118 valence electrons. The zero-order chi connectivity index (χ0) is 16.8. The molecule has 0 radical (unpaired) electrons. The summed E-state index contributed by atoms with van der Waals surface area (Å²) in [4.78, 5) is 23.5. The van der Waals surface area contributed by atoms with E-state index in [0.717, 1.165) is 10.0 Å². The van der Waals surface area contributed by atoms with Crippen LogP contribution < -0.4 is 5.32 Å². The summed E-state index contributed by atoms with van der Waals surface area (Å²) in [5.41, 5.74) is -0.174. The summed E-state index contributed by atoms with van der Waals surface area (Å²) in [7, 11) is 0. The number of halogens is 1. The van der Waals surface area contributed by atoms with Gasteiger partial charge in [-0.1, -0.05) is 41.9 Å². The molecule has 0 aliphatic carbocycles. The maximum atomic E-state index is 11.8. The summed E-state index contributed by atoms with van der Waals surface area (Å²) in [5.74, 6) is -1.03. The summed E-state index contributed by atoms with van der Waals surface area (Å²) < 4.78 is 5.86. The van der Waals surface area contributed by atoms with Crippen LogP contribution >= 0.6 is 15.9 Å². The van der Waals surface area contributed by atoms with Crippen molar-refractivity contribution in [2.75, 3.05) is 6.61 Å². The van der Waals surface area contributed by atoms with Crippen molar-refractivity contribution in [3.63, 3.8) is 0 Å². The molecule has 0 aromatic heterocycles. The van der Waals surface area contributed by atoms with Gasteiger partial charge in [-0.15, -0.1) is 0 Å². The number of nitrogens with one attached hydrogen (secondary N) is 1. The summed E-state index contributed by atoms with van der Waals surface area (Å²) in [6.07, 6.45) is 0.0975. The summed E-state index contributed by atoms with van der Waals surface area (Å²) in [5, 5.41) is 11.7. The van der Waals surface area contributed by atoms with Crippen LogP contribution in [-0.4, -0.2) is 24.0 Å². The van der Waals surface area contributed by atoms with Crippen molar-refractivity contribution in [3.8, 4) is 6.07 Å². The highest BCUT2D eigenvalue weighted by atomic mass is 79.9. The first-order valence-corrected chi connectivity index (χ1v) is 7.68. The molecule has 1 N–H and O–H groups in total. The van der Waals surface area contributed by atoms with Crippen LogP contribution in [0.15, 0.2) is 28.7 Å². The predicted octanol–water partition coefficient (Wildman–Crippen LogP) is 2.59. The van der Waals surface area contributed by atoms with Gasteiger partial charge >= 0.3 is 5.97 Å². The summed E-state index contributed by atoms with van der Waals surface area (Å²) >= 11 is 3.31. The lowest BCUT2D eigenvalue weighted by Gasteiger charge is -2.27. The Morgan fingerprint density at radius 2 is 1.95 bits per heavy atom. The SMILES string of the molecule is CC(C)[C@@](C)(C#N)NC(=O)COC(=O)Cc1ccc(Br)cc1. The number of carbonyl (C=O) groups excluding carboxylic acids is 2.